The molecular formula is C26H31N3O3. The molecule has 0 fully saturated rings. The molecule has 1 amide bonds. The first-order valence-electron chi connectivity index (χ1n) is 11.1. The number of aryl methyl sites for hydroxylation is 1. The number of aromatic nitrogens is 2. The van der Waals surface area contributed by atoms with Crippen molar-refractivity contribution in [3.05, 3.63) is 83.2 Å². The van der Waals surface area contributed by atoms with Gasteiger partial charge in [-0.2, -0.15) is 5.10 Å². The summed E-state index contributed by atoms with van der Waals surface area (Å²) in [5, 5.41) is 7.50. The van der Waals surface area contributed by atoms with Gasteiger partial charge in [-0.05, 0) is 68.5 Å². The Labute approximate surface area is 189 Å². The van der Waals surface area contributed by atoms with E-state index in [4.69, 9.17) is 4.74 Å². The van der Waals surface area contributed by atoms with Crippen LogP contribution in [0.15, 0.2) is 60.7 Å². The Kier molecular flexibility index (Phi) is 7.82. The monoisotopic (exact) mass is 433 g/mol. The molecule has 3 rings (SSSR count). The van der Waals surface area contributed by atoms with Gasteiger partial charge in [-0.15, -0.1) is 0 Å². The zero-order valence-corrected chi connectivity index (χ0v) is 19.2. The number of rotatable bonds is 9. The minimum absolute atomic E-state index is 0.0631. The maximum atomic E-state index is 12.7. The van der Waals surface area contributed by atoms with Crippen LogP contribution < -0.4 is 5.32 Å². The van der Waals surface area contributed by atoms with Crippen molar-refractivity contribution in [1.82, 2.24) is 15.1 Å². The van der Waals surface area contributed by atoms with Crippen molar-refractivity contribution in [1.29, 1.82) is 0 Å². The molecule has 0 aliphatic carbocycles. The van der Waals surface area contributed by atoms with E-state index in [1.807, 2.05) is 51.1 Å². The molecule has 1 N–H and O–H groups in total. The summed E-state index contributed by atoms with van der Waals surface area (Å²) in [5.74, 6) is -0.373. The van der Waals surface area contributed by atoms with E-state index in [-0.39, 0.29) is 23.6 Å². The standard InChI is InChI=1S/C26H31N3O3/c1-5-32-26(31)23-17-24(18(2)3)29(28-23)22-15-13-21(14-16-22)25(30)27-19(4)11-12-20-9-7-6-8-10-20/h6-10,13-19H,5,11-12H2,1-4H3,(H,27,30). The lowest BCUT2D eigenvalue weighted by Gasteiger charge is -2.15. The number of carbonyl (C=O) groups is 2. The average molecular weight is 434 g/mol. The molecule has 1 unspecified atom stereocenters. The molecule has 3 aromatic rings. The second kappa shape index (κ2) is 10.8. The predicted molar refractivity (Wildman–Crippen MR) is 125 cm³/mol. The van der Waals surface area contributed by atoms with Gasteiger partial charge in [0.2, 0.25) is 0 Å². The Morgan fingerprint density at radius 2 is 1.72 bits per heavy atom. The van der Waals surface area contributed by atoms with E-state index in [0.717, 1.165) is 24.2 Å². The third kappa shape index (κ3) is 5.84. The molecule has 0 spiro atoms. The highest BCUT2D eigenvalue weighted by Gasteiger charge is 2.18. The number of amides is 1. The molecule has 1 heterocycles. The van der Waals surface area contributed by atoms with E-state index < -0.39 is 5.97 Å². The van der Waals surface area contributed by atoms with E-state index in [1.165, 1.54) is 5.56 Å². The normalized spacial score (nSPS) is 11.9. The van der Waals surface area contributed by atoms with Gasteiger partial charge in [-0.3, -0.25) is 4.79 Å². The lowest BCUT2D eigenvalue weighted by atomic mass is 10.1. The van der Waals surface area contributed by atoms with Crippen LogP contribution in [0, 0.1) is 0 Å². The van der Waals surface area contributed by atoms with Crippen LogP contribution in [0.25, 0.3) is 5.69 Å². The van der Waals surface area contributed by atoms with Crippen molar-refractivity contribution < 1.29 is 14.3 Å². The van der Waals surface area contributed by atoms with Crippen molar-refractivity contribution in [2.45, 2.75) is 52.5 Å². The second-order valence-corrected chi connectivity index (χ2v) is 8.19. The van der Waals surface area contributed by atoms with E-state index in [9.17, 15) is 9.59 Å². The molecule has 1 aromatic heterocycles. The second-order valence-electron chi connectivity index (χ2n) is 8.19. The Hall–Kier alpha value is -3.41. The summed E-state index contributed by atoms with van der Waals surface area (Å²) in [6, 6.07) is 19.3. The van der Waals surface area contributed by atoms with Crippen LogP contribution in [0.5, 0.6) is 0 Å². The number of benzene rings is 2. The van der Waals surface area contributed by atoms with E-state index in [0.29, 0.717) is 12.2 Å². The number of hydrogen-bond acceptors (Lipinski definition) is 4. The zero-order chi connectivity index (χ0) is 23.1. The first-order chi connectivity index (χ1) is 15.4. The quantitative estimate of drug-likeness (QED) is 0.486. The minimum atomic E-state index is -0.436. The van der Waals surface area contributed by atoms with Gasteiger partial charge >= 0.3 is 5.97 Å². The van der Waals surface area contributed by atoms with Crippen molar-refractivity contribution in [3.8, 4) is 5.69 Å². The molecule has 0 aliphatic rings. The summed E-state index contributed by atoms with van der Waals surface area (Å²) in [5.41, 5.74) is 3.83. The van der Waals surface area contributed by atoms with Gasteiger partial charge in [0, 0.05) is 17.3 Å². The van der Waals surface area contributed by atoms with Crippen molar-refractivity contribution in [3.63, 3.8) is 0 Å². The van der Waals surface area contributed by atoms with Gasteiger partial charge < -0.3 is 10.1 Å². The lowest BCUT2D eigenvalue weighted by molar-refractivity contribution is 0.0518. The van der Waals surface area contributed by atoms with E-state index >= 15 is 0 Å². The van der Waals surface area contributed by atoms with Crippen LogP contribution in [0.4, 0.5) is 0 Å². The summed E-state index contributed by atoms with van der Waals surface area (Å²) in [4.78, 5) is 24.8. The summed E-state index contributed by atoms with van der Waals surface area (Å²) in [6.07, 6.45) is 1.79. The molecule has 0 radical (unpaired) electrons. The van der Waals surface area contributed by atoms with E-state index in [2.05, 4.69) is 22.5 Å². The molecule has 6 heteroatoms. The zero-order valence-electron chi connectivity index (χ0n) is 19.2. The molecule has 168 valence electrons. The van der Waals surface area contributed by atoms with Crippen molar-refractivity contribution in [2.24, 2.45) is 0 Å². The highest BCUT2D eigenvalue weighted by Crippen LogP contribution is 2.21. The Bertz CT molecular complexity index is 1040. The number of nitrogens with zero attached hydrogens (tertiary/aromatic N) is 2. The fourth-order valence-corrected chi connectivity index (χ4v) is 3.48. The largest absolute Gasteiger partial charge is 0.461 e. The third-order valence-electron chi connectivity index (χ3n) is 5.27. The van der Waals surface area contributed by atoms with Gasteiger partial charge in [0.05, 0.1) is 12.3 Å². The number of carbonyl (C=O) groups excluding carboxylic acids is 2. The van der Waals surface area contributed by atoms with Crippen LogP contribution in [-0.2, 0) is 11.2 Å². The molecule has 0 bridgehead atoms. The van der Waals surface area contributed by atoms with Gasteiger partial charge in [0.1, 0.15) is 0 Å². The molecule has 2 aromatic carbocycles. The number of ether oxygens (including phenoxy) is 1. The maximum Gasteiger partial charge on any atom is 0.358 e. The highest BCUT2D eigenvalue weighted by molar-refractivity contribution is 5.94. The SMILES string of the molecule is CCOC(=O)c1cc(C(C)C)n(-c2ccc(C(=O)NC(C)CCc3ccccc3)cc2)n1. The summed E-state index contributed by atoms with van der Waals surface area (Å²) in [6.45, 7) is 8.17. The molecule has 0 aliphatic heterocycles. The Balaban J connectivity index is 1.67. The van der Waals surface area contributed by atoms with Crippen LogP contribution in [0.3, 0.4) is 0 Å². The smallest absolute Gasteiger partial charge is 0.358 e. The molecule has 1 atom stereocenters. The fourth-order valence-electron chi connectivity index (χ4n) is 3.48. The fraction of sp³-hybridized carbons (Fsp3) is 0.346. The number of esters is 1. The van der Waals surface area contributed by atoms with Crippen LogP contribution in [0.1, 0.15) is 72.1 Å². The van der Waals surface area contributed by atoms with Gasteiger partial charge in [0.25, 0.3) is 5.91 Å². The minimum Gasteiger partial charge on any atom is -0.461 e. The summed E-state index contributed by atoms with van der Waals surface area (Å²) in [7, 11) is 0. The predicted octanol–water partition coefficient (Wildman–Crippen LogP) is 4.92. The van der Waals surface area contributed by atoms with Gasteiger partial charge in [0.15, 0.2) is 5.69 Å². The molecular weight excluding hydrogens is 402 g/mol. The Morgan fingerprint density at radius 1 is 1.03 bits per heavy atom. The number of nitrogens with one attached hydrogen (secondary N) is 1. The maximum absolute atomic E-state index is 12.7. The molecule has 0 saturated heterocycles. The van der Waals surface area contributed by atoms with Gasteiger partial charge in [-0.25, -0.2) is 9.48 Å². The topological polar surface area (TPSA) is 73.2 Å². The summed E-state index contributed by atoms with van der Waals surface area (Å²) < 4.78 is 6.82. The number of hydrogen-bond donors (Lipinski definition) is 1. The third-order valence-corrected chi connectivity index (χ3v) is 5.27. The lowest BCUT2D eigenvalue weighted by Crippen LogP contribution is -2.32. The van der Waals surface area contributed by atoms with Crippen molar-refractivity contribution in [2.75, 3.05) is 6.61 Å². The first kappa shape index (κ1) is 23.3. The van der Waals surface area contributed by atoms with Crippen molar-refractivity contribution >= 4 is 11.9 Å². The average Bonchev–Trinajstić information content (AvgIpc) is 3.25. The van der Waals surface area contributed by atoms with Crippen LogP contribution in [0.2, 0.25) is 0 Å². The molecule has 0 saturated carbocycles. The highest BCUT2D eigenvalue weighted by atomic mass is 16.5. The first-order valence-corrected chi connectivity index (χ1v) is 11.1. The summed E-state index contributed by atoms with van der Waals surface area (Å²) >= 11 is 0. The molecule has 32 heavy (non-hydrogen) atoms. The van der Waals surface area contributed by atoms with E-state index in [1.54, 1.807) is 29.8 Å². The van der Waals surface area contributed by atoms with Crippen LogP contribution >= 0.6 is 0 Å². The Morgan fingerprint density at radius 3 is 2.34 bits per heavy atom. The van der Waals surface area contributed by atoms with Gasteiger partial charge in [-0.1, -0.05) is 44.2 Å². The van der Waals surface area contributed by atoms with Crippen LogP contribution in [-0.4, -0.2) is 34.3 Å². The molecule has 6 nitrogen and oxygen atoms in total.